The SMILES string of the molecule is CC1(C)CCC(C)(C)c2cc(-c3cccc(-c4nc(-c5ccc(-c6ccccc6)cc5)nc(-c5ccc(-c6ccc7ccccc7c6)cc5)n4)c3)ccc21. The van der Waals surface area contributed by atoms with Gasteiger partial charge in [0, 0.05) is 16.7 Å². The third-order valence-corrected chi connectivity index (χ3v) is 11.4. The zero-order chi connectivity index (χ0) is 36.9. The summed E-state index contributed by atoms with van der Waals surface area (Å²) in [4.78, 5) is 15.3. The molecule has 1 heterocycles. The highest BCUT2D eigenvalue weighted by Crippen LogP contribution is 2.47. The van der Waals surface area contributed by atoms with E-state index in [2.05, 4.69) is 185 Å². The fourth-order valence-corrected chi connectivity index (χ4v) is 7.99. The Morgan fingerprint density at radius 3 is 1.41 bits per heavy atom. The molecule has 0 unspecified atom stereocenters. The summed E-state index contributed by atoms with van der Waals surface area (Å²) >= 11 is 0. The predicted molar refractivity (Wildman–Crippen MR) is 225 cm³/mol. The van der Waals surface area contributed by atoms with Crippen molar-refractivity contribution in [2.45, 2.75) is 51.4 Å². The van der Waals surface area contributed by atoms with Gasteiger partial charge in [-0.25, -0.2) is 15.0 Å². The van der Waals surface area contributed by atoms with E-state index in [1.165, 1.54) is 51.4 Å². The Balaban J connectivity index is 1.12. The molecule has 0 N–H and O–H groups in total. The van der Waals surface area contributed by atoms with E-state index >= 15 is 0 Å². The van der Waals surface area contributed by atoms with Gasteiger partial charge < -0.3 is 0 Å². The predicted octanol–water partition coefficient (Wildman–Crippen LogP) is 13.4. The van der Waals surface area contributed by atoms with Gasteiger partial charge in [-0.15, -0.1) is 0 Å². The Morgan fingerprint density at radius 1 is 0.315 bits per heavy atom. The van der Waals surface area contributed by atoms with Gasteiger partial charge in [0.05, 0.1) is 0 Å². The first kappa shape index (κ1) is 33.6. The molecule has 1 aliphatic rings. The second-order valence-electron chi connectivity index (χ2n) is 16.0. The minimum atomic E-state index is 0.135. The summed E-state index contributed by atoms with van der Waals surface area (Å²) in [6.45, 7) is 9.53. The second-order valence-corrected chi connectivity index (χ2v) is 16.0. The first-order valence-corrected chi connectivity index (χ1v) is 19.0. The molecule has 1 aliphatic carbocycles. The number of rotatable bonds is 6. The van der Waals surface area contributed by atoms with Gasteiger partial charge in [0.1, 0.15) is 0 Å². The van der Waals surface area contributed by atoms with Crippen molar-refractivity contribution in [3.63, 3.8) is 0 Å². The highest BCUT2D eigenvalue weighted by Gasteiger charge is 2.37. The molecule has 9 rings (SSSR count). The standard InChI is InChI=1S/C51H43N3/c1-50(2)29-30-51(3,4)46-33-43(27-28-45(46)50)41-15-10-16-44(32-41)49-53-47(38-22-17-36(18-23-38)34-11-6-5-7-12-34)52-48(54-49)39-24-19-37(20-25-39)42-26-21-35-13-8-9-14-40(35)31-42/h5-28,31-33H,29-30H2,1-4H3. The van der Waals surface area contributed by atoms with Crippen LogP contribution in [-0.4, -0.2) is 15.0 Å². The van der Waals surface area contributed by atoms with Gasteiger partial charge in [0.2, 0.25) is 0 Å². The second kappa shape index (κ2) is 13.3. The molecule has 8 aromatic rings. The van der Waals surface area contributed by atoms with E-state index < -0.39 is 0 Å². The third kappa shape index (κ3) is 6.41. The monoisotopic (exact) mass is 697 g/mol. The minimum Gasteiger partial charge on any atom is -0.208 e. The minimum absolute atomic E-state index is 0.135. The first-order chi connectivity index (χ1) is 26.2. The Labute approximate surface area is 318 Å². The average molecular weight is 698 g/mol. The van der Waals surface area contributed by atoms with Gasteiger partial charge in [-0.05, 0) is 91.1 Å². The van der Waals surface area contributed by atoms with Crippen LogP contribution in [0, 0.1) is 0 Å². The lowest BCUT2D eigenvalue weighted by atomic mass is 9.63. The summed E-state index contributed by atoms with van der Waals surface area (Å²) in [7, 11) is 0. The summed E-state index contributed by atoms with van der Waals surface area (Å²) < 4.78 is 0. The van der Waals surface area contributed by atoms with E-state index in [0.717, 1.165) is 33.4 Å². The molecular weight excluding hydrogens is 655 g/mol. The molecule has 0 spiro atoms. The molecule has 3 heteroatoms. The van der Waals surface area contributed by atoms with Gasteiger partial charge >= 0.3 is 0 Å². The Bertz CT molecular complexity index is 2640. The molecule has 0 saturated carbocycles. The number of hydrogen-bond donors (Lipinski definition) is 0. The van der Waals surface area contributed by atoms with E-state index in [-0.39, 0.29) is 10.8 Å². The van der Waals surface area contributed by atoms with Gasteiger partial charge in [0.25, 0.3) is 0 Å². The fraction of sp³-hybridized carbons (Fsp3) is 0.157. The third-order valence-electron chi connectivity index (χ3n) is 11.4. The van der Waals surface area contributed by atoms with Gasteiger partial charge in [-0.1, -0.05) is 179 Å². The highest BCUT2D eigenvalue weighted by atomic mass is 15.0. The lowest BCUT2D eigenvalue weighted by molar-refractivity contribution is 0.332. The highest BCUT2D eigenvalue weighted by molar-refractivity contribution is 5.87. The topological polar surface area (TPSA) is 38.7 Å². The molecule has 0 bridgehead atoms. The quantitative estimate of drug-likeness (QED) is 0.174. The summed E-state index contributed by atoms with van der Waals surface area (Å²) in [5, 5.41) is 2.47. The molecule has 7 aromatic carbocycles. The van der Waals surface area contributed by atoms with Crippen molar-refractivity contribution in [2.24, 2.45) is 0 Å². The maximum Gasteiger partial charge on any atom is 0.164 e. The van der Waals surface area contributed by atoms with Crippen molar-refractivity contribution in [3.8, 4) is 67.5 Å². The fourth-order valence-electron chi connectivity index (χ4n) is 7.99. The normalized spacial score (nSPS) is 14.4. The Hall–Kier alpha value is -6.19. The number of fused-ring (bicyclic) bond motifs is 2. The van der Waals surface area contributed by atoms with Crippen molar-refractivity contribution >= 4 is 10.8 Å². The molecule has 54 heavy (non-hydrogen) atoms. The van der Waals surface area contributed by atoms with Crippen molar-refractivity contribution in [1.82, 2.24) is 15.0 Å². The van der Waals surface area contributed by atoms with Crippen molar-refractivity contribution in [1.29, 1.82) is 0 Å². The zero-order valence-electron chi connectivity index (χ0n) is 31.3. The Kier molecular flexibility index (Phi) is 8.31. The van der Waals surface area contributed by atoms with Crippen LogP contribution >= 0.6 is 0 Å². The average Bonchev–Trinajstić information content (AvgIpc) is 3.22. The largest absolute Gasteiger partial charge is 0.208 e. The summed E-state index contributed by atoms with van der Waals surface area (Å²) in [6, 6.07) is 58.4. The first-order valence-electron chi connectivity index (χ1n) is 19.0. The molecule has 1 aromatic heterocycles. The van der Waals surface area contributed by atoms with Crippen LogP contribution in [0.4, 0.5) is 0 Å². The molecule has 0 fully saturated rings. The van der Waals surface area contributed by atoms with Crippen LogP contribution in [0.2, 0.25) is 0 Å². The molecule has 0 aliphatic heterocycles. The van der Waals surface area contributed by atoms with Crippen LogP contribution in [0.3, 0.4) is 0 Å². The van der Waals surface area contributed by atoms with Gasteiger partial charge in [0.15, 0.2) is 17.5 Å². The maximum absolute atomic E-state index is 5.13. The van der Waals surface area contributed by atoms with Crippen LogP contribution < -0.4 is 0 Å². The molecule has 0 atom stereocenters. The van der Waals surface area contributed by atoms with E-state index in [9.17, 15) is 0 Å². The molecule has 262 valence electrons. The summed E-state index contributed by atoms with van der Waals surface area (Å²) in [6.07, 6.45) is 2.38. The Morgan fingerprint density at radius 2 is 0.741 bits per heavy atom. The molecule has 0 amide bonds. The van der Waals surface area contributed by atoms with Crippen LogP contribution in [0.25, 0.3) is 78.3 Å². The van der Waals surface area contributed by atoms with Crippen molar-refractivity contribution in [3.05, 3.63) is 175 Å². The van der Waals surface area contributed by atoms with E-state index in [1.54, 1.807) is 0 Å². The number of aromatic nitrogens is 3. The summed E-state index contributed by atoms with van der Waals surface area (Å²) in [5.74, 6) is 1.95. The molecule has 3 nitrogen and oxygen atoms in total. The lowest BCUT2D eigenvalue weighted by Crippen LogP contribution is -2.33. The van der Waals surface area contributed by atoms with Crippen LogP contribution in [-0.2, 0) is 10.8 Å². The number of nitrogens with zero attached hydrogens (tertiary/aromatic N) is 3. The summed E-state index contributed by atoms with van der Waals surface area (Å²) in [5.41, 5.74) is 13.1. The van der Waals surface area contributed by atoms with E-state index in [0.29, 0.717) is 17.5 Å². The smallest absolute Gasteiger partial charge is 0.164 e. The molecule has 0 radical (unpaired) electrons. The van der Waals surface area contributed by atoms with Crippen LogP contribution in [0.1, 0.15) is 51.7 Å². The van der Waals surface area contributed by atoms with Crippen LogP contribution in [0.15, 0.2) is 164 Å². The van der Waals surface area contributed by atoms with Gasteiger partial charge in [-0.3, -0.25) is 0 Å². The van der Waals surface area contributed by atoms with Crippen molar-refractivity contribution < 1.29 is 0 Å². The van der Waals surface area contributed by atoms with E-state index in [4.69, 9.17) is 15.0 Å². The maximum atomic E-state index is 5.13. The number of benzene rings is 7. The lowest BCUT2D eigenvalue weighted by Gasteiger charge is -2.42. The zero-order valence-corrected chi connectivity index (χ0v) is 31.3. The van der Waals surface area contributed by atoms with Gasteiger partial charge in [-0.2, -0.15) is 0 Å². The molecule has 0 saturated heterocycles. The van der Waals surface area contributed by atoms with Crippen molar-refractivity contribution in [2.75, 3.05) is 0 Å². The molecular formula is C51H43N3. The van der Waals surface area contributed by atoms with E-state index in [1.807, 2.05) is 6.07 Å². The van der Waals surface area contributed by atoms with Crippen LogP contribution in [0.5, 0.6) is 0 Å². The number of hydrogen-bond acceptors (Lipinski definition) is 3.